The molecule has 0 saturated carbocycles. The summed E-state index contributed by atoms with van der Waals surface area (Å²) in [4.78, 5) is 14.2. The van der Waals surface area contributed by atoms with Gasteiger partial charge in [0.2, 0.25) is 0 Å². The van der Waals surface area contributed by atoms with E-state index in [4.69, 9.17) is 10.5 Å². The van der Waals surface area contributed by atoms with E-state index in [-0.39, 0.29) is 11.9 Å². The van der Waals surface area contributed by atoms with E-state index >= 15 is 0 Å². The van der Waals surface area contributed by atoms with Crippen molar-refractivity contribution in [2.24, 2.45) is 0 Å². The number of anilines is 1. The number of nitrogens with two attached hydrogens (primary N) is 1. The van der Waals surface area contributed by atoms with Crippen molar-refractivity contribution in [3.63, 3.8) is 0 Å². The van der Waals surface area contributed by atoms with E-state index in [9.17, 15) is 4.79 Å². The summed E-state index contributed by atoms with van der Waals surface area (Å²) < 4.78 is 5.43. The van der Waals surface area contributed by atoms with Gasteiger partial charge >= 0.3 is 0 Å². The van der Waals surface area contributed by atoms with Gasteiger partial charge in [0, 0.05) is 30.4 Å². The molecule has 20 heavy (non-hydrogen) atoms. The molecule has 5 heteroatoms. The maximum absolute atomic E-state index is 12.5. The number of carbonyl (C=O) groups excluding carboxylic acids is 1. The van der Waals surface area contributed by atoms with Gasteiger partial charge in [-0.05, 0) is 44.4 Å². The van der Waals surface area contributed by atoms with Crippen LogP contribution < -0.4 is 10.5 Å². The lowest BCUT2D eigenvalue weighted by Crippen LogP contribution is -2.35. The zero-order valence-corrected chi connectivity index (χ0v) is 13.5. The summed E-state index contributed by atoms with van der Waals surface area (Å²) in [6.45, 7) is 4.52. The molecule has 0 saturated heterocycles. The smallest absolute Gasteiger partial charge is 0.254 e. The van der Waals surface area contributed by atoms with Crippen molar-refractivity contribution in [2.75, 3.05) is 31.4 Å². The molecule has 0 radical (unpaired) electrons. The standard InChI is InChI=1S/C15H24N2O2S/c1-5-19-14-9-12(8-13(16)10-14)15(18)17(3)11(2)6-7-20-4/h8-11H,5-7,16H2,1-4H3. The first-order valence-corrected chi connectivity index (χ1v) is 8.18. The lowest BCUT2D eigenvalue weighted by molar-refractivity contribution is 0.0741. The maximum Gasteiger partial charge on any atom is 0.254 e. The zero-order chi connectivity index (χ0) is 15.1. The third kappa shape index (κ3) is 4.63. The Hall–Kier alpha value is -1.36. The molecular weight excluding hydrogens is 272 g/mol. The first kappa shape index (κ1) is 16.7. The van der Waals surface area contributed by atoms with Gasteiger partial charge in [0.15, 0.2) is 0 Å². The summed E-state index contributed by atoms with van der Waals surface area (Å²) in [5.41, 5.74) is 6.95. The van der Waals surface area contributed by atoms with Gasteiger partial charge in [0.25, 0.3) is 5.91 Å². The highest BCUT2D eigenvalue weighted by Gasteiger charge is 2.18. The van der Waals surface area contributed by atoms with Gasteiger partial charge in [-0.25, -0.2) is 0 Å². The normalized spacial score (nSPS) is 12.0. The third-order valence-corrected chi connectivity index (χ3v) is 3.85. The predicted octanol–water partition coefficient (Wildman–Crippen LogP) is 2.88. The number of rotatable bonds is 7. The van der Waals surface area contributed by atoms with E-state index in [1.807, 2.05) is 14.0 Å². The molecule has 4 nitrogen and oxygen atoms in total. The average molecular weight is 296 g/mol. The van der Waals surface area contributed by atoms with Crippen LogP contribution in [0.3, 0.4) is 0 Å². The second-order valence-corrected chi connectivity index (χ2v) is 5.76. The maximum atomic E-state index is 12.5. The Morgan fingerprint density at radius 2 is 2.15 bits per heavy atom. The van der Waals surface area contributed by atoms with E-state index in [1.54, 1.807) is 34.9 Å². The average Bonchev–Trinajstić information content (AvgIpc) is 2.42. The molecule has 0 aliphatic carbocycles. The van der Waals surface area contributed by atoms with E-state index in [0.717, 1.165) is 12.2 Å². The molecule has 1 aromatic carbocycles. The largest absolute Gasteiger partial charge is 0.494 e. The van der Waals surface area contributed by atoms with Crippen LogP contribution in [0.15, 0.2) is 18.2 Å². The number of nitrogens with zero attached hydrogens (tertiary/aromatic N) is 1. The van der Waals surface area contributed by atoms with Crippen molar-refractivity contribution in [1.29, 1.82) is 0 Å². The topological polar surface area (TPSA) is 55.6 Å². The highest BCUT2D eigenvalue weighted by molar-refractivity contribution is 7.98. The molecule has 0 aliphatic heterocycles. The zero-order valence-electron chi connectivity index (χ0n) is 12.7. The van der Waals surface area contributed by atoms with Gasteiger partial charge in [-0.15, -0.1) is 0 Å². The van der Waals surface area contributed by atoms with Crippen molar-refractivity contribution in [3.05, 3.63) is 23.8 Å². The quantitative estimate of drug-likeness (QED) is 0.786. The van der Waals surface area contributed by atoms with Crippen molar-refractivity contribution in [1.82, 2.24) is 4.90 Å². The van der Waals surface area contributed by atoms with Gasteiger partial charge < -0.3 is 15.4 Å². The second-order valence-electron chi connectivity index (χ2n) is 4.77. The summed E-state index contributed by atoms with van der Waals surface area (Å²) in [6, 6.07) is 5.38. The van der Waals surface area contributed by atoms with E-state index < -0.39 is 0 Å². The monoisotopic (exact) mass is 296 g/mol. The second kappa shape index (κ2) is 8.04. The Labute approximate surface area is 125 Å². The summed E-state index contributed by atoms with van der Waals surface area (Å²) in [5, 5.41) is 0. The minimum absolute atomic E-state index is 0.0214. The first-order valence-electron chi connectivity index (χ1n) is 6.79. The van der Waals surface area contributed by atoms with Gasteiger partial charge in [0.1, 0.15) is 5.75 Å². The molecule has 0 bridgehead atoms. The molecule has 1 unspecified atom stereocenters. The third-order valence-electron chi connectivity index (χ3n) is 3.21. The Bertz CT molecular complexity index is 451. The first-order chi connectivity index (χ1) is 9.49. The summed E-state index contributed by atoms with van der Waals surface area (Å²) >= 11 is 1.79. The number of hydrogen-bond acceptors (Lipinski definition) is 4. The Morgan fingerprint density at radius 3 is 2.75 bits per heavy atom. The molecule has 112 valence electrons. The number of nitrogen functional groups attached to an aromatic ring is 1. The molecule has 1 aromatic rings. The van der Waals surface area contributed by atoms with Crippen LogP contribution in [0, 0.1) is 0 Å². The van der Waals surface area contributed by atoms with Gasteiger partial charge in [-0.2, -0.15) is 11.8 Å². The van der Waals surface area contributed by atoms with Gasteiger partial charge in [-0.1, -0.05) is 0 Å². The molecule has 2 N–H and O–H groups in total. The molecule has 1 rings (SSSR count). The van der Waals surface area contributed by atoms with Crippen LogP contribution in [0.5, 0.6) is 5.75 Å². The van der Waals surface area contributed by atoms with Gasteiger partial charge in [-0.3, -0.25) is 4.79 Å². The van der Waals surface area contributed by atoms with Crippen LogP contribution in [0.2, 0.25) is 0 Å². The summed E-state index contributed by atoms with van der Waals surface area (Å²) in [7, 11) is 1.83. The number of benzene rings is 1. The molecular formula is C15H24N2O2S. The Balaban J connectivity index is 2.85. The fraction of sp³-hybridized carbons (Fsp3) is 0.533. The van der Waals surface area contributed by atoms with Crippen LogP contribution >= 0.6 is 11.8 Å². The Kier molecular flexibility index (Phi) is 6.71. The highest BCUT2D eigenvalue weighted by atomic mass is 32.2. The van der Waals surface area contributed by atoms with Crippen LogP contribution in [0.4, 0.5) is 5.69 Å². The SMILES string of the molecule is CCOc1cc(N)cc(C(=O)N(C)C(C)CCSC)c1. The van der Waals surface area contributed by atoms with Crippen molar-refractivity contribution < 1.29 is 9.53 Å². The number of ether oxygens (including phenoxy) is 1. The van der Waals surface area contributed by atoms with Gasteiger partial charge in [0.05, 0.1) is 6.61 Å². The minimum atomic E-state index is -0.0214. The number of thioether (sulfide) groups is 1. The van der Waals surface area contributed by atoms with Crippen molar-refractivity contribution in [3.8, 4) is 5.75 Å². The van der Waals surface area contributed by atoms with Crippen molar-refractivity contribution in [2.45, 2.75) is 26.3 Å². The van der Waals surface area contributed by atoms with Crippen LogP contribution in [0.25, 0.3) is 0 Å². The fourth-order valence-corrected chi connectivity index (χ4v) is 2.46. The van der Waals surface area contributed by atoms with Crippen LogP contribution in [-0.4, -0.2) is 42.5 Å². The van der Waals surface area contributed by atoms with Crippen molar-refractivity contribution >= 4 is 23.4 Å². The minimum Gasteiger partial charge on any atom is -0.494 e. The van der Waals surface area contributed by atoms with E-state index in [1.165, 1.54) is 0 Å². The van der Waals surface area contributed by atoms with E-state index in [0.29, 0.717) is 23.6 Å². The molecule has 1 amide bonds. The lowest BCUT2D eigenvalue weighted by Gasteiger charge is -2.25. The molecule has 0 spiro atoms. The van der Waals surface area contributed by atoms with E-state index in [2.05, 4.69) is 13.2 Å². The number of amides is 1. The fourth-order valence-electron chi connectivity index (χ4n) is 1.88. The molecule has 0 aliphatic rings. The summed E-state index contributed by atoms with van der Waals surface area (Å²) in [5.74, 6) is 1.66. The molecule has 0 aromatic heterocycles. The molecule has 0 fully saturated rings. The molecule has 1 atom stereocenters. The number of carbonyl (C=O) groups is 1. The summed E-state index contributed by atoms with van der Waals surface area (Å²) in [6.07, 6.45) is 3.05. The molecule has 0 heterocycles. The lowest BCUT2D eigenvalue weighted by atomic mass is 10.1. The highest BCUT2D eigenvalue weighted by Crippen LogP contribution is 2.21. The van der Waals surface area contributed by atoms with Crippen LogP contribution in [-0.2, 0) is 0 Å². The number of hydrogen-bond donors (Lipinski definition) is 1. The Morgan fingerprint density at radius 1 is 1.45 bits per heavy atom. The predicted molar refractivity (Wildman–Crippen MR) is 86.6 cm³/mol. The van der Waals surface area contributed by atoms with Crippen LogP contribution in [0.1, 0.15) is 30.6 Å².